The Kier molecular flexibility index (Phi) is 10.4. The van der Waals surface area contributed by atoms with Crippen molar-refractivity contribution in [1.29, 1.82) is 0 Å². The van der Waals surface area contributed by atoms with Gasteiger partial charge in [0.15, 0.2) is 0 Å². The normalized spacial score (nSPS) is 12.6. The number of halogens is 4. The summed E-state index contributed by atoms with van der Waals surface area (Å²) in [5.41, 5.74) is -0.662. The Morgan fingerprint density at radius 2 is 1.75 bits per heavy atom. The Labute approximate surface area is 217 Å². The highest BCUT2D eigenvalue weighted by Crippen LogP contribution is 2.32. The van der Waals surface area contributed by atoms with Crippen LogP contribution in [0.3, 0.4) is 0 Å². The third kappa shape index (κ3) is 8.51. The van der Waals surface area contributed by atoms with Crippen molar-refractivity contribution in [1.82, 2.24) is 10.2 Å². The first kappa shape index (κ1) is 29.6. The molecule has 1 atom stereocenters. The summed E-state index contributed by atoms with van der Waals surface area (Å²) in [5, 5.41) is 2.76. The number of benzene rings is 2. The summed E-state index contributed by atoms with van der Waals surface area (Å²) >= 11 is 3.33. The minimum atomic E-state index is -4.69. The molecule has 0 saturated heterocycles. The van der Waals surface area contributed by atoms with Crippen LogP contribution in [0.4, 0.5) is 18.9 Å². The molecule has 1 N–H and O–H groups in total. The van der Waals surface area contributed by atoms with Crippen LogP contribution in [0.15, 0.2) is 53.0 Å². The summed E-state index contributed by atoms with van der Waals surface area (Å²) in [4.78, 5) is 27.4. The molecule has 0 heterocycles. The highest BCUT2D eigenvalue weighted by atomic mass is 79.9. The molecule has 2 rings (SSSR count). The number of anilines is 1. The molecule has 1 unspecified atom stereocenters. The van der Waals surface area contributed by atoms with Crippen molar-refractivity contribution < 1.29 is 31.2 Å². The van der Waals surface area contributed by atoms with Gasteiger partial charge in [0.1, 0.15) is 12.6 Å². The van der Waals surface area contributed by atoms with Crippen LogP contribution in [-0.2, 0) is 32.3 Å². The number of rotatable bonds is 11. The Bertz CT molecular complexity index is 1160. The smallest absolute Gasteiger partial charge is 0.354 e. The van der Waals surface area contributed by atoms with Crippen LogP contribution in [0.5, 0.6) is 0 Å². The third-order valence-electron chi connectivity index (χ3n) is 5.40. The van der Waals surface area contributed by atoms with E-state index in [1.165, 1.54) is 17.9 Å². The minimum Gasteiger partial charge on any atom is -0.354 e. The predicted octanol–water partition coefficient (Wildman–Crippen LogP) is 4.57. The first-order valence-corrected chi connectivity index (χ1v) is 13.8. The van der Waals surface area contributed by atoms with Gasteiger partial charge in [-0.25, -0.2) is 8.42 Å². The molecule has 2 amide bonds. The minimum absolute atomic E-state index is 0.00529. The van der Waals surface area contributed by atoms with Gasteiger partial charge in [0.05, 0.1) is 17.5 Å². The van der Waals surface area contributed by atoms with E-state index in [-0.39, 0.29) is 12.2 Å². The lowest BCUT2D eigenvalue weighted by Gasteiger charge is -2.31. The lowest BCUT2D eigenvalue weighted by molar-refractivity contribution is -0.139. The maximum absolute atomic E-state index is 13.4. The molecule has 0 aliphatic carbocycles. The topological polar surface area (TPSA) is 86.8 Å². The fraction of sp³-hybridized carbons (Fsp3) is 0.417. The third-order valence-corrected chi connectivity index (χ3v) is 7.07. The first-order chi connectivity index (χ1) is 16.7. The van der Waals surface area contributed by atoms with Crippen LogP contribution in [0.1, 0.15) is 37.8 Å². The molecule has 0 aromatic heterocycles. The number of amides is 2. The molecule has 0 aliphatic heterocycles. The molecule has 2 aromatic carbocycles. The molecule has 0 fully saturated rings. The molecule has 2 aromatic rings. The summed E-state index contributed by atoms with van der Waals surface area (Å²) < 4.78 is 66.1. The van der Waals surface area contributed by atoms with Crippen LogP contribution in [0, 0.1) is 0 Å². The van der Waals surface area contributed by atoms with Gasteiger partial charge in [-0.3, -0.25) is 13.9 Å². The molecule has 0 saturated carbocycles. The number of sulfonamides is 1. The van der Waals surface area contributed by atoms with E-state index in [1.54, 1.807) is 24.3 Å². The van der Waals surface area contributed by atoms with Gasteiger partial charge >= 0.3 is 6.18 Å². The summed E-state index contributed by atoms with van der Waals surface area (Å²) in [7, 11) is -4.14. The van der Waals surface area contributed by atoms with Crippen molar-refractivity contribution in [3.8, 4) is 0 Å². The van der Waals surface area contributed by atoms with Gasteiger partial charge < -0.3 is 10.2 Å². The number of hydrogen-bond acceptors (Lipinski definition) is 4. The monoisotopic (exact) mass is 591 g/mol. The molecule has 0 bridgehead atoms. The maximum atomic E-state index is 13.4. The Hall–Kier alpha value is -2.60. The van der Waals surface area contributed by atoms with Crippen molar-refractivity contribution in [2.75, 3.05) is 23.7 Å². The summed E-state index contributed by atoms with van der Waals surface area (Å²) in [5.74, 6) is -1.15. The van der Waals surface area contributed by atoms with Crippen LogP contribution in [0.25, 0.3) is 0 Å². The molecular weight excluding hydrogens is 563 g/mol. The fourth-order valence-electron chi connectivity index (χ4n) is 3.36. The number of nitrogens with zero attached hydrogens (tertiary/aromatic N) is 2. The van der Waals surface area contributed by atoms with Gasteiger partial charge in [0.2, 0.25) is 21.8 Å². The van der Waals surface area contributed by atoms with Crippen LogP contribution < -0.4 is 9.62 Å². The van der Waals surface area contributed by atoms with E-state index in [1.807, 2.05) is 6.92 Å². The second-order valence-electron chi connectivity index (χ2n) is 8.29. The first-order valence-electron chi connectivity index (χ1n) is 11.2. The Balaban J connectivity index is 2.39. The zero-order valence-electron chi connectivity index (χ0n) is 20.2. The van der Waals surface area contributed by atoms with Crippen molar-refractivity contribution in [2.24, 2.45) is 0 Å². The van der Waals surface area contributed by atoms with E-state index in [0.717, 1.165) is 35.7 Å². The van der Waals surface area contributed by atoms with Crippen LogP contribution >= 0.6 is 15.9 Å². The van der Waals surface area contributed by atoms with E-state index in [2.05, 4.69) is 21.2 Å². The lowest BCUT2D eigenvalue weighted by atomic mass is 10.1. The van der Waals surface area contributed by atoms with E-state index in [0.29, 0.717) is 22.5 Å². The van der Waals surface area contributed by atoms with E-state index in [4.69, 9.17) is 0 Å². The molecule has 198 valence electrons. The maximum Gasteiger partial charge on any atom is 0.416 e. The van der Waals surface area contributed by atoms with Gasteiger partial charge in [-0.1, -0.05) is 47.5 Å². The second-order valence-corrected chi connectivity index (χ2v) is 11.1. The molecule has 0 radical (unpaired) electrons. The Morgan fingerprint density at radius 1 is 1.11 bits per heavy atom. The number of alkyl halides is 3. The molecular formula is C24H29BrF3N3O4S. The van der Waals surface area contributed by atoms with Crippen molar-refractivity contribution >= 4 is 43.5 Å². The number of carbonyl (C=O) groups is 2. The van der Waals surface area contributed by atoms with Gasteiger partial charge in [-0.15, -0.1) is 0 Å². The van der Waals surface area contributed by atoms with Gasteiger partial charge in [0, 0.05) is 17.6 Å². The quantitative estimate of drug-likeness (QED) is 0.388. The zero-order chi connectivity index (χ0) is 27.1. The molecule has 0 aliphatic rings. The van der Waals surface area contributed by atoms with E-state index >= 15 is 0 Å². The number of nitrogens with one attached hydrogen (secondary N) is 1. The Morgan fingerprint density at radius 3 is 2.31 bits per heavy atom. The predicted molar refractivity (Wildman–Crippen MR) is 136 cm³/mol. The number of hydrogen-bond donors (Lipinski definition) is 1. The summed E-state index contributed by atoms with van der Waals surface area (Å²) in [6, 6.07) is 9.79. The van der Waals surface area contributed by atoms with E-state index < -0.39 is 46.2 Å². The number of carbonyl (C=O) groups excluding carboxylic acids is 2. The number of unbranched alkanes of at least 4 members (excludes halogenated alkanes) is 1. The highest BCUT2D eigenvalue weighted by molar-refractivity contribution is 9.10. The van der Waals surface area contributed by atoms with Crippen LogP contribution in [0.2, 0.25) is 0 Å². The molecule has 7 nitrogen and oxygen atoms in total. The highest BCUT2D eigenvalue weighted by Gasteiger charge is 2.33. The standard InChI is InChI=1S/C24H29BrF3N3O4S/c1-4-5-13-29-23(33)17(2)30(15-18-9-11-20(25)12-10-18)22(32)16-31(36(3,34)35)21-8-6-7-19(14-21)24(26,27)28/h6-12,14,17H,4-5,13,15-16H2,1-3H3,(H,29,33). The van der Waals surface area contributed by atoms with Gasteiger partial charge in [0.25, 0.3) is 0 Å². The molecule has 0 spiro atoms. The molecule has 36 heavy (non-hydrogen) atoms. The average Bonchev–Trinajstić information content (AvgIpc) is 2.80. The van der Waals surface area contributed by atoms with Crippen molar-refractivity contribution in [3.05, 3.63) is 64.1 Å². The fourth-order valence-corrected chi connectivity index (χ4v) is 4.46. The van der Waals surface area contributed by atoms with Crippen molar-refractivity contribution in [2.45, 2.75) is 45.5 Å². The summed E-state index contributed by atoms with van der Waals surface area (Å²) in [6.07, 6.45) is -2.28. The second kappa shape index (κ2) is 12.6. The van der Waals surface area contributed by atoms with Crippen LogP contribution in [-0.4, -0.2) is 50.5 Å². The van der Waals surface area contributed by atoms with Crippen molar-refractivity contribution in [3.63, 3.8) is 0 Å². The largest absolute Gasteiger partial charge is 0.416 e. The SMILES string of the molecule is CCCCNC(=O)C(C)N(Cc1ccc(Br)cc1)C(=O)CN(c1cccc(C(F)(F)F)c1)S(C)(=O)=O. The molecule has 12 heteroatoms. The van der Waals surface area contributed by atoms with Gasteiger partial charge in [-0.05, 0) is 49.2 Å². The average molecular weight is 592 g/mol. The summed E-state index contributed by atoms with van der Waals surface area (Å²) in [6.45, 7) is 3.12. The lowest BCUT2D eigenvalue weighted by Crippen LogP contribution is -2.51. The van der Waals surface area contributed by atoms with Gasteiger partial charge in [-0.2, -0.15) is 13.2 Å². The van der Waals surface area contributed by atoms with E-state index in [9.17, 15) is 31.2 Å². The zero-order valence-corrected chi connectivity index (χ0v) is 22.6.